The molecule has 1 heterocycles. The summed E-state index contributed by atoms with van der Waals surface area (Å²) in [5.74, 6) is 0.315. The van der Waals surface area contributed by atoms with Crippen molar-refractivity contribution in [1.82, 2.24) is 9.55 Å². The molecule has 0 radical (unpaired) electrons. The molecule has 1 aliphatic rings. The normalized spacial score (nSPS) is 13.7. The lowest BCUT2D eigenvalue weighted by molar-refractivity contribution is 0.0986. The summed E-state index contributed by atoms with van der Waals surface area (Å²) in [7, 11) is 0. The van der Waals surface area contributed by atoms with Crippen LogP contribution in [0.1, 0.15) is 32.4 Å². The number of ketones is 2. The number of nitrogens with zero attached hydrogens (tertiary/aromatic N) is 2. The number of rotatable bonds is 2. The maximum Gasteiger partial charge on any atom is 0.206 e. The summed E-state index contributed by atoms with van der Waals surface area (Å²) >= 11 is 0. The first-order valence-corrected chi connectivity index (χ1v) is 6.04. The van der Waals surface area contributed by atoms with E-state index in [1.165, 1.54) is 12.2 Å². The Hall–Kier alpha value is -2.49. The van der Waals surface area contributed by atoms with Crippen LogP contribution in [-0.2, 0) is 6.54 Å². The van der Waals surface area contributed by atoms with E-state index < -0.39 is 0 Å². The van der Waals surface area contributed by atoms with Gasteiger partial charge in [0.15, 0.2) is 0 Å². The van der Waals surface area contributed by atoms with Crippen LogP contribution in [0.25, 0.3) is 0 Å². The molecule has 94 valence electrons. The molecule has 0 saturated carbocycles. The fourth-order valence-corrected chi connectivity index (χ4v) is 2.25. The number of fused-ring (bicyclic) bond motifs is 1. The van der Waals surface area contributed by atoms with Gasteiger partial charge in [0.2, 0.25) is 11.6 Å². The average molecular weight is 252 g/mol. The molecule has 3 rings (SSSR count). The van der Waals surface area contributed by atoms with Crippen LogP contribution in [-0.4, -0.2) is 21.1 Å². The quantitative estimate of drug-likeness (QED) is 0.823. The van der Waals surface area contributed by atoms with Crippen molar-refractivity contribution in [3.05, 3.63) is 65.3 Å². The summed E-state index contributed by atoms with van der Waals surface area (Å²) in [5.41, 5.74) is 1.73. The molecule has 19 heavy (non-hydrogen) atoms. The Morgan fingerprint density at radius 2 is 1.74 bits per heavy atom. The predicted octanol–water partition coefficient (Wildman–Crippen LogP) is 2.18. The average Bonchev–Trinajstić information content (AvgIpc) is 2.74. The van der Waals surface area contributed by atoms with E-state index in [0.29, 0.717) is 18.1 Å². The molecule has 0 fully saturated rings. The molecule has 1 aromatic carbocycles. The Labute approximate surface area is 110 Å². The van der Waals surface area contributed by atoms with Crippen molar-refractivity contribution >= 4 is 11.6 Å². The smallest absolute Gasteiger partial charge is 0.206 e. The maximum absolute atomic E-state index is 12.0. The minimum Gasteiger partial charge on any atom is -0.320 e. The minimum atomic E-state index is -0.204. The standard InChI is InChI=1S/C15H12N2O2/c1-10-16-14-12(18)7-8-13(19)15(14)17(10)9-11-5-3-2-4-6-11/h2-8H,9H2,1H3. The molecule has 0 N–H and O–H groups in total. The van der Waals surface area contributed by atoms with Crippen molar-refractivity contribution in [3.8, 4) is 0 Å². The van der Waals surface area contributed by atoms with Crippen LogP contribution in [0.4, 0.5) is 0 Å². The van der Waals surface area contributed by atoms with Crippen molar-refractivity contribution in [3.63, 3.8) is 0 Å². The Balaban J connectivity index is 2.09. The van der Waals surface area contributed by atoms with E-state index in [9.17, 15) is 9.59 Å². The third-order valence-electron chi connectivity index (χ3n) is 3.19. The van der Waals surface area contributed by atoms with Crippen molar-refractivity contribution in [1.29, 1.82) is 0 Å². The lowest BCUT2D eigenvalue weighted by Gasteiger charge is -2.10. The first kappa shape index (κ1) is 11.6. The van der Waals surface area contributed by atoms with Gasteiger partial charge in [0.25, 0.3) is 0 Å². The van der Waals surface area contributed by atoms with Crippen molar-refractivity contribution in [2.24, 2.45) is 0 Å². The number of aryl methyl sites for hydroxylation is 1. The Bertz CT molecular complexity index is 696. The number of carbonyl (C=O) groups excluding carboxylic acids is 2. The summed E-state index contributed by atoms with van der Waals surface area (Å²) < 4.78 is 1.80. The second-order valence-electron chi connectivity index (χ2n) is 4.49. The first-order valence-electron chi connectivity index (χ1n) is 6.04. The molecule has 0 unspecified atom stereocenters. The molecule has 2 aromatic rings. The van der Waals surface area contributed by atoms with E-state index in [4.69, 9.17) is 0 Å². The predicted molar refractivity (Wildman–Crippen MR) is 70.3 cm³/mol. The van der Waals surface area contributed by atoms with Gasteiger partial charge in [-0.05, 0) is 24.6 Å². The van der Waals surface area contributed by atoms with Gasteiger partial charge in [-0.15, -0.1) is 0 Å². The fourth-order valence-electron chi connectivity index (χ4n) is 2.25. The molecular formula is C15H12N2O2. The van der Waals surface area contributed by atoms with Crippen LogP contribution >= 0.6 is 0 Å². The van der Waals surface area contributed by atoms with Crippen LogP contribution in [0.15, 0.2) is 42.5 Å². The number of hydrogen-bond acceptors (Lipinski definition) is 3. The highest BCUT2D eigenvalue weighted by molar-refractivity contribution is 6.20. The number of benzene rings is 1. The maximum atomic E-state index is 12.0. The van der Waals surface area contributed by atoms with Gasteiger partial charge in [0.1, 0.15) is 17.2 Å². The summed E-state index contributed by atoms with van der Waals surface area (Å²) in [6.45, 7) is 2.35. The van der Waals surface area contributed by atoms with Gasteiger partial charge in [-0.2, -0.15) is 0 Å². The topological polar surface area (TPSA) is 52.0 Å². The SMILES string of the molecule is Cc1nc2c(n1Cc1ccccc1)C(=O)C=CC2=O. The zero-order chi connectivity index (χ0) is 13.4. The van der Waals surface area contributed by atoms with Gasteiger partial charge in [0, 0.05) is 6.54 Å². The number of carbonyl (C=O) groups is 2. The first-order chi connectivity index (χ1) is 9.16. The molecule has 1 aliphatic carbocycles. The van der Waals surface area contributed by atoms with Crippen molar-refractivity contribution < 1.29 is 9.59 Å². The zero-order valence-electron chi connectivity index (χ0n) is 10.5. The number of hydrogen-bond donors (Lipinski definition) is 0. The summed E-state index contributed by atoms with van der Waals surface area (Å²) in [6, 6.07) is 9.80. The van der Waals surface area contributed by atoms with Crippen LogP contribution in [0.3, 0.4) is 0 Å². The molecule has 1 aromatic heterocycles. The van der Waals surface area contributed by atoms with Crippen LogP contribution in [0, 0.1) is 6.92 Å². The summed E-state index contributed by atoms with van der Waals surface area (Å²) in [6.07, 6.45) is 2.59. The summed E-state index contributed by atoms with van der Waals surface area (Å²) in [4.78, 5) is 27.9. The Morgan fingerprint density at radius 3 is 2.47 bits per heavy atom. The van der Waals surface area contributed by atoms with Gasteiger partial charge >= 0.3 is 0 Å². The molecule has 4 nitrogen and oxygen atoms in total. The lowest BCUT2D eigenvalue weighted by atomic mass is 10.1. The van der Waals surface area contributed by atoms with E-state index in [1.807, 2.05) is 37.3 Å². The van der Waals surface area contributed by atoms with Crippen LogP contribution in [0.5, 0.6) is 0 Å². The Morgan fingerprint density at radius 1 is 1.05 bits per heavy atom. The van der Waals surface area contributed by atoms with Gasteiger partial charge in [0.05, 0.1) is 0 Å². The molecule has 0 bridgehead atoms. The van der Waals surface area contributed by atoms with Gasteiger partial charge in [-0.1, -0.05) is 30.3 Å². The monoisotopic (exact) mass is 252 g/mol. The highest BCUT2D eigenvalue weighted by Crippen LogP contribution is 2.19. The second-order valence-corrected chi connectivity index (χ2v) is 4.49. The molecule has 0 spiro atoms. The molecule has 4 heteroatoms. The van der Waals surface area contributed by atoms with E-state index in [-0.39, 0.29) is 17.3 Å². The van der Waals surface area contributed by atoms with Crippen molar-refractivity contribution in [2.45, 2.75) is 13.5 Å². The molecular weight excluding hydrogens is 240 g/mol. The Kier molecular flexibility index (Phi) is 2.63. The fraction of sp³-hybridized carbons (Fsp3) is 0.133. The van der Waals surface area contributed by atoms with Crippen LogP contribution < -0.4 is 0 Å². The second kappa shape index (κ2) is 4.31. The van der Waals surface area contributed by atoms with Crippen molar-refractivity contribution in [2.75, 3.05) is 0 Å². The summed E-state index contributed by atoms with van der Waals surface area (Å²) in [5, 5.41) is 0. The third kappa shape index (κ3) is 1.91. The van der Waals surface area contributed by atoms with Crippen LogP contribution in [0.2, 0.25) is 0 Å². The molecule has 0 amide bonds. The lowest BCUT2D eigenvalue weighted by Crippen LogP contribution is -2.16. The third-order valence-corrected chi connectivity index (χ3v) is 3.19. The zero-order valence-corrected chi connectivity index (χ0v) is 10.5. The highest BCUT2D eigenvalue weighted by atomic mass is 16.1. The number of allylic oxidation sites excluding steroid dienone is 2. The van der Waals surface area contributed by atoms with E-state index in [1.54, 1.807) is 4.57 Å². The minimum absolute atomic E-state index is 0.161. The molecule has 0 aliphatic heterocycles. The van der Waals surface area contributed by atoms with Gasteiger partial charge < -0.3 is 4.57 Å². The van der Waals surface area contributed by atoms with E-state index in [0.717, 1.165) is 5.56 Å². The van der Waals surface area contributed by atoms with E-state index in [2.05, 4.69) is 4.98 Å². The highest BCUT2D eigenvalue weighted by Gasteiger charge is 2.26. The number of imidazole rings is 1. The number of aromatic nitrogens is 2. The molecule has 0 saturated heterocycles. The van der Waals surface area contributed by atoms with Gasteiger partial charge in [-0.25, -0.2) is 4.98 Å². The largest absolute Gasteiger partial charge is 0.320 e. The van der Waals surface area contributed by atoms with E-state index >= 15 is 0 Å². The molecule has 0 atom stereocenters. The van der Waals surface area contributed by atoms with Gasteiger partial charge in [-0.3, -0.25) is 9.59 Å².